The highest BCUT2D eigenvalue weighted by Crippen LogP contribution is 1.93. The van der Waals surface area contributed by atoms with Gasteiger partial charge in [0.1, 0.15) is 6.67 Å². The Hall–Kier alpha value is -0.800. The zero-order valence-corrected chi connectivity index (χ0v) is 4.69. The Labute approximate surface area is 50.9 Å². The number of carbonyl (C=O) groups is 2. The third kappa shape index (κ3) is 5.06. The second kappa shape index (κ2) is 4.12. The van der Waals surface area contributed by atoms with Crippen molar-refractivity contribution in [2.75, 3.05) is 6.67 Å². The highest BCUT2D eigenvalue weighted by atomic mass is 19.1. The smallest absolute Gasteiger partial charge is 0.297 e. The molecule has 0 saturated heterocycles. The third-order valence-electron chi connectivity index (χ3n) is 0.749. The first-order valence-corrected chi connectivity index (χ1v) is 2.43. The van der Waals surface area contributed by atoms with Crippen LogP contribution in [0.25, 0.3) is 0 Å². The van der Waals surface area contributed by atoms with Crippen LogP contribution in [0.3, 0.4) is 0 Å². The van der Waals surface area contributed by atoms with Crippen LogP contribution in [0.2, 0.25) is 0 Å². The van der Waals surface area contributed by atoms with Gasteiger partial charge in [-0.1, -0.05) is 0 Å². The van der Waals surface area contributed by atoms with Gasteiger partial charge in [0.15, 0.2) is 5.78 Å². The number of rotatable bonds is 4. The average Bonchev–Trinajstić information content (AvgIpc) is 1.83. The van der Waals surface area contributed by atoms with Crippen LogP contribution in [0.4, 0.5) is 8.78 Å². The van der Waals surface area contributed by atoms with Gasteiger partial charge >= 0.3 is 6.04 Å². The summed E-state index contributed by atoms with van der Waals surface area (Å²) in [6.07, 6.45) is -0.825. The summed E-state index contributed by atoms with van der Waals surface area (Å²) in [4.78, 5) is 19.5. The van der Waals surface area contributed by atoms with Crippen LogP contribution in [-0.2, 0) is 9.59 Å². The predicted molar refractivity (Wildman–Crippen MR) is 26.3 cm³/mol. The lowest BCUT2D eigenvalue weighted by Gasteiger charge is -1.87. The molecule has 4 heteroatoms. The molecule has 0 rings (SSSR count). The molecule has 0 aromatic carbocycles. The van der Waals surface area contributed by atoms with Gasteiger partial charge in [-0.05, 0) is 0 Å². The normalized spacial score (nSPS) is 9.11. The van der Waals surface area contributed by atoms with Gasteiger partial charge in [0.05, 0.1) is 0 Å². The van der Waals surface area contributed by atoms with E-state index in [1.807, 2.05) is 0 Å². The molecule has 0 N–H and O–H groups in total. The molecule has 0 spiro atoms. The van der Waals surface area contributed by atoms with Crippen LogP contribution in [0, 0.1) is 0 Å². The molecule has 0 aromatic rings. The number of Topliss-reactive ketones (excluding diaryl/α,β-unsaturated/α-hetero) is 1. The Morgan fingerprint density at radius 2 is 1.78 bits per heavy atom. The van der Waals surface area contributed by atoms with E-state index in [4.69, 9.17) is 0 Å². The zero-order valence-electron chi connectivity index (χ0n) is 4.69. The topological polar surface area (TPSA) is 34.1 Å². The quantitative estimate of drug-likeness (QED) is 0.535. The summed E-state index contributed by atoms with van der Waals surface area (Å²) >= 11 is 0. The molecule has 0 unspecified atom stereocenters. The fraction of sp³-hybridized carbons (Fsp3) is 0.600. The summed E-state index contributed by atoms with van der Waals surface area (Å²) in [5.41, 5.74) is 0. The van der Waals surface area contributed by atoms with Crippen molar-refractivity contribution in [2.45, 2.75) is 12.8 Å². The van der Waals surface area contributed by atoms with E-state index >= 15 is 0 Å². The molecule has 0 aromatic heterocycles. The van der Waals surface area contributed by atoms with E-state index in [0.717, 1.165) is 0 Å². The van der Waals surface area contributed by atoms with Crippen LogP contribution in [0.5, 0.6) is 0 Å². The van der Waals surface area contributed by atoms with Gasteiger partial charge in [-0.3, -0.25) is 9.59 Å². The fourth-order valence-electron chi connectivity index (χ4n) is 0.305. The second-order valence-electron chi connectivity index (χ2n) is 1.53. The molecule has 0 heterocycles. The van der Waals surface area contributed by atoms with Gasteiger partial charge in [0.25, 0.3) is 0 Å². The maximum absolute atomic E-state index is 11.3. The number of ketones is 1. The Kier molecular flexibility index (Phi) is 3.75. The highest BCUT2D eigenvalue weighted by molar-refractivity contribution is 5.83. The average molecular weight is 136 g/mol. The van der Waals surface area contributed by atoms with Crippen LogP contribution < -0.4 is 0 Å². The lowest BCUT2D eigenvalue weighted by molar-refractivity contribution is -0.131. The number of halogens is 2. The SMILES string of the molecule is O=C(F)CCC(=O)CF. The largest absolute Gasteiger partial charge is 0.301 e. The molecule has 0 bridgehead atoms. The third-order valence-corrected chi connectivity index (χ3v) is 0.749. The summed E-state index contributed by atoms with van der Waals surface area (Å²) in [5, 5.41) is 0. The van der Waals surface area contributed by atoms with E-state index in [1.54, 1.807) is 0 Å². The number of hydrogen-bond donors (Lipinski definition) is 0. The van der Waals surface area contributed by atoms with Gasteiger partial charge < -0.3 is 0 Å². The molecule has 9 heavy (non-hydrogen) atoms. The summed E-state index contributed by atoms with van der Waals surface area (Å²) in [5.74, 6) is -0.735. The van der Waals surface area contributed by atoms with Crippen LogP contribution >= 0.6 is 0 Å². The van der Waals surface area contributed by atoms with Crippen LogP contribution in [0.15, 0.2) is 0 Å². The first kappa shape index (κ1) is 8.20. The Bertz CT molecular complexity index is 122. The van der Waals surface area contributed by atoms with Crippen molar-refractivity contribution < 1.29 is 18.4 Å². The van der Waals surface area contributed by atoms with Gasteiger partial charge in [-0.2, -0.15) is 4.39 Å². The van der Waals surface area contributed by atoms with Gasteiger partial charge in [-0.25, -0.2) is 4.39 Å². The first-order chi connectivity index (χ1) is 4.16. The van der Waals surface area contributed by atoms with Crippen molar-refractivity contribution in [1.82, 2.24) is 0 Å². The minimum absolute atomic E-state index is 0.328. The van der Waals surface area contributed by atoms with Crippen molar-refractivity contribution in [3.63, 3.8) is 0 Å². The van der Waals surface area contributed by atoms with Crippen molar-refractivity contribution in [2.24, 2.45) is 0 Å². The molecular formula is C5H6F2O2. The van der Waals surface area contributed by atoms with Crippen molar-refractivity contribution in [3.05, 3.63) is 0 Å². The van der Waals surface area contributed by atoms with E-state index < -0.39 is 24.9 Å². The highest BCUT2D eigenvalue weighted by Gasteiger charge is 2.03. The second-order valence-corrected chi connectivity index (χ2v) is 1.53. The number of hydrogen-bond acceptors (Lipinski definition) is 2. The van der Waals surface area contributed by atoms with Crippen molar-refractivity contribution >= 4 is 11.8 Å². The van der Waals surface area contributed by atoms with E-state index in [0.29, 0.717) is 0 Å². The molecule has 0 aliphatic rings. The van der Waals surface area contributed by atoms with E-state index in [9.17, 15) is 18.4 Å². The maximum Gasteiger partial charge on any atom is 0.301 e. The summed E-state index contributed by atoms with van der Waals surface area (Å²) < 4.78 is 22.5. The Morgan fingerprint density at radius 3 is 2.11 bits per heavy atom. The lowest BCUT2D eigenvalue weighted by atomic mass is 10.2. The minimum Gasteiger partial charge on any atom is -0.297 e. The van der Waals surface area contributed by atoms with Gasteiger partial charge in [0, 0.05) is 12.8 Å². The van der Waals surface area contributed by atoms with E-state index in [2.05, 4.69) is 0 Å². The molecule has 0 amide bonds. The van der Waals surface area contributed by atoms with Gasteiger partial charge in [-0.15, -0.1) is 0 Å². The molecular weight excluding hydrogens is 130 g/mol. The van der Waals surface area contributed by atoms with E-state index in [1.165, 1.54) is 0 Å². The Morgan fingerprint density at radius 1 is 1.22 bits per heavy atom. The first-order valence-electron chi connectivity index (χ1n) is 2.43. The van der Waals surface area contributed by atoms with Gasteiger partial charge in [0.2, 0.25) is 0 Å². The van der Waals surface area contributed by atoms with Crippen molar-refractivity contribution in [3.8, 4) is 0 Å². The molecule has 52 valence electrons. The molecule has 0 atom stereocenters. The van der Waals surface area contributed by atoms with E-state index in [-0.39, 0.29) is 6.42 Å². The number of alkyl halides is 1. The minimum atomic E-state index is -1.57. The molecule has 0 fully saturated rings. The van der Waals surface area contributed by atoms with Crippen molar-refractivity contribution in [1.29, 1.82) is 0 Å². The predicted octanol–water partition coefficient (Wildman–Crippen LogP) is 0.801. The molecule has 0 aliphatic carbocycles. The van der Waals surface area contributed by atoms with Crippen LogP contribution in [-0.4, -0.2) is 18.5 Å². The molecule has 0 saturated carbocycles. The fourth-order valence-corrected chi connectivity index (χ4v) is 0.305. The number of carbonyl (C=O) groups excluding carboxylic acids is 2. The lowest BCUT2D eigenvalue weighted by Crippen LogP contribution is -2.01. The zero-order chi connectivity index (χ0) is 7.28. The maximum atomic E-state index is 11.3. The summed E-state index contributed by atoms with van der Waals surface area (Å²) in [7, 11) is 0. The monoisotopic (exact) mass is 136 g/mol. The molecule has 0 radical (unpaired) electrons. The van der Waals surface area contributed by atoms with Crippen LogP contribution in [0.1, 0.15) is 12.8 Å². The standard InChI is InChI=1S/C5H6F2O2/c6-3-4(8)1-2-5(7)9/h1-3H2. The molecule has 2 nitrogen and oxygen atoms in total. The Balaban J connectivity index is 3.28. The molecule has 0 aliphatic heterocycles. The summed E-state index contributed by atoms with van der Waals surface area (Å²) in [6.45, 7) is -1.12. The summed E-state index contributed by atoms with van der Waals surface area (Å²) in [6, 6.07) is -1.57.